The van der Waals surface area contributed by atoms with Crippen molar-refractivity contribution < 1.29 is 23.5 Å². The first-order valence-electron chi connectivity index (χ1n) is 19.7. The van der Waals surface area contributed by atoms with E-state index in [0.717, 1.165) is 75.1 Å². The number of anilines is 1. The average Bonchev–Trinajstić information content (AvgIpc) is 3.89. The van der Waals surface area contributed by atoms with Crippen molar-refractivity contribution in [1.29, 1.82) is 0 Å². The number of carbonyl (C=O) groups excluding carboxylic acids is 3. The summed E-state index contributed by atoms with van der Waals surface area (Å²) in [6, 6.07) is 8.77. The van der Waals surface area contributed by atoms with E-state index in [-0.39, 0.29) is 30.8 Å². The molecule has 3 amide bonds. The highest BCUT2D eigenvalue weighted by molar-refractivity contribution is 6.07. The van der Waals surface area contributed by atoms with Gasteiger partial charge in [-0.15, -0.1) is 0 Å². The van der Waals surface area contributed by atoms with Crippen LogP contribution in [0.3, 0.4) is 0 Å². The van der Waals surface area contributed by atoms with Gasteiger partial charge in [0.2, 0.25) is 11.8 Å². The molecule has 6 aromatic rings. The van der Waals surface area contributed by atoms with E-state index in [2.05, 4.69) is 37.9 Å². The molecule has 3 aliphatic rings. The number of carbonyl (C=O) groups is 3. The molecule has 2 saturated heterocycles. The number of hydrogen-bond donors (Lipinski definition) is 2. The van der Waals surface area contributed by atoms with Crippen molar-refractivity contribution in [3.63, 3.8) is 0 Å². The van der Waals surface area contributed by atoms with Crippen LogP contribution in [0.25, 0.3) is 22.4 Å². The highest BCUT2D eigenvalue weighted by Gasteiger charge is 2.32. The molecule has 0 bridgehead atoms. The van der Waals surface area contributed by atoms with Crippen LogP contribution in [0.2, 0.25) is 0 Å². The van der Waals surface area contributed by atoms with Crippen LogP contribution in [-0.4, -0.2) is 76.9 Å². The number of rotatable bonds is 9. The number of nitrogens with one attached hydrogen (secondary N) is 2. The summed E-state index contributed by atoms with van der Waals surface area (Å²) in [5, 5.41) is 9.58. The predicted octanol–water partition coefficient (Wildman–Crippen LogP) is 5.46. The largest absolute Gasteiger partial charge is 0.490 e. The van der Waals surface area contributed by atoms with Crippen molar-refractivity contribution in [3.05, 3.63) is 88.7 Å². The van der Waals surface area contributed by atoms with Gasteiger partial charge in [0.1, 0.15) is 23.1 Å². The highest BCUT2D eigenvalue weighted by atomic mass is 16.5. The number of ether oxygens (including phenoxy) is 1. The van der Waals surface area contributed by atoms with Crippen LogP contribution < -0.4 is 21.1 Å². The van der Waals surface area contributed by atoms with Crippen LogP contribution in [0.4, 0.5) is 5.69 Å². The number of imide groups is 1. The van der Waals surface area contributed by atoms with E-state index in [0.29, 0.717) is 51.5 Å². The van der Waals surface area contributed by atoms with Crippen LogP contribution in [0.1, 0.15) is 105 Å². The van der Waals surface area contributed by atoms with Crippen molar-refractivity contribution in [2.45, 2.75) is 89.2 Å². The molecule has 0 spiro atoms. The molecule has 3 fully saturated rings. The maximum absolute atomic E-state index is 13.6. The maximum Gasteiger partial charge on any atom is 0.420 e. The van der Waals surface area contributed by atoms with Crippen molar-refractivity contribution in [1.82, 2.24) is 38.8 Å². The summed E-state index contributed by atoms with van der Waals surface area (Å²) in [5.41, 5.74) is 5.50. The monoisotopic (exact) mass is 759 g/mol. The summed E-state index contributed by atoms with van der Waals surface area (Å²) in [6.45, 7) is 6.99. The van der Waals surface area contributed by atoms with Gasteiger partial charge < -0.3 is 23.8 Å². The molecule has 2 aliphatic heterocycles. The fourth-order valence-corrected chi connectivity index (χ4v) is 8.84. The Morgan fingerprint density at radius 3 is 2.62 bits per heavy atom. The third-order valence-corrected chi connectivity index (χ3v) is 11.7. The molecule has 2 N–H and O–H groups in total. The number of pyridine rings is 1. The van der Waals surface area contributed by atoms with Crippen LogP contribution >= 0.6 is 0 Å². The molecular formula is C41H45N9O6. The van der Waals surface area contributed by atoms with Gasteiger partial charge in [0, 0.05) is 49.7 Å². The van der Waals surface area contributed by atoms with Crippen LogP contribution in [0, 0.1) is 5.92 Å². The number of piperidine rings is 2. The number of amides is 3. The van der Waals surface area contributed by atoms with E-state index in [1.165, 1.54) is 4.57 Å². The lowest BCUT2D eigenvalue weighted by atomic mass is 9.80. The molecule has 290 valence electrons. The molecule has 56 heavy (non-hydrogen) atoms. The molecule has 9 rings (SSSR count). The number of nitrogens with zero attached hydrogens (tertiary/aromatic N) is 7. The lowest BCUT2D eigenvalue weighted by molar-refractivity contribution is -0.135. The predicted molar refractivity (Wildman–Crippen MR) is 207 cm³/mol. The van der Waals surface area contributed by atoms with E-state index in [1.54, 1.807) is 35.4 Å². The second-order valence-electron chi connectivity index (χ2n) is 15.8. The van der Waals surface area contributed by atoms with Gasteiger partial charge in [-0.25, -0.2) is 19.3 Å². The molecule has 15 nitrogen and oxygen atoms in total. The van der Waals surface area contributed by atoms with E-state index in [4.69, 9.17) is 14.1 Å². The maximum atomic E-state index is 13.6. The summed E-state index contributed by atoms with van der Waals surface area (Å²) >= 11 is 0. The van der Waals surface area contributed by atoms with Crippen molar-refractivity contribution in [3.8, 4) is 5.75 Å². The van der Waals surface area contributed by atoms with Gasteiger partial charge in [-0.2, -0.15) is 5.10 Å². The van der Waals surface area contributed by atoms with Crippen LogP contribution in [0.15, 0.2) is 70.5 Å². The van der Waals surface area contributed by atoms with Gasteiger partial charge in [-0.05, 0) is 107 Å². The first-order valence-corrected chi connectivity index (χ1v) is 19.7. The fraction of sp³-hybridized carbons (Fsp3) is 0.439. The van der Waals surface area contributed by atoms with Crippen molar-refractivity contribution >= 4 is 45.8 Å². The SMILES string of the molecule is CC(C)Oc1cc2nc([C@H]3CC[C@H](CN4CCC(c5ccc6c(c5)oc(=O)n6C5CCC(=O)NC5=O)CC4)CC3)cn2cc1C(=O)Nc1cnn2cccnc12. The van der Waals surface area contributed by atoms with Crippen LogP contribution in [0.5, 0.6) is 5.75 Å². The topological polar surface area (TPSA) is 170 Å². The Morgan fingerprint density at radius 1 is 1.02 bits per heavy atom. The second-order valence-corrected chi connectivity index (χ2v) is 15.8. The lowest BCUT2D eigenvalue weighted by Gasteiger charge is -2.36. The van der Waals surface area contributed by atoms with Gasteiger partial charge in [0.25, 0.3) is 5.91 Å². The zero-order chi connectivity index (χ0) is 38.5. The first kappa shape index (κ1) is 35.8. The van der Waals surface area contributed by atoms with E-state index >= 15 is 0 Å². The number of hydrogen-bond acceptors (Lipinski definition) is 10. The fourth-order valence-electron chi connectivity index (χ4n) is 8.84. The van der Waals surface area contributed by atoms with Gasteiger partial charge in [-0.3, -0.25) is 24.3 Å². The number of aromatic nitrogens is 6. The molecule has 7 heterocycles. The summed E-state index contributed by atoms with van der Waals surface area (Å²) in [6.07, 6.45) is 15.7. The van der Waals surface area contributed by atoms with E-state index in [9.17, 15) is 19.2 Å². The van der Waals surface area contributed by atoms with Gasteiger partial charge >= 0.3 is 5.76 Å². The minimum absolute atomic E-state index is 0.126. The molecule has 5 aromatic heterocycles. The molecule has 1 aromatic carbocycles. The molecule has 1 unspecified atom stereocenters. The Bertz CT molecular complexity index is 2510. The van der Waals surface area contributed by atoms with Crippen LogP contribution in [-0.2, 0) is 9.59 Å². The third-order valence-electron chi connectivity index (χ3n) is 11.7. The van der Waals surface area contributed by atoms with Gasteiger partial charge in [0.05, 0.1) is 29.1 Å². The Labute approximate surface area is 322 Å². The number of oxazole rings is 1. The Kier molecular flexibility index (Phi) is 9.39. The standard InChI is InChI=1S/C41H45N9O6/c1-24(2)55-34-19-36-44-31(23-48(36)22-29(34)39(52)45-30-20-43-49-15-3-14-42-38(30)49)27-6-4-25(5-7-27)21-47-16-12-26(13-17-47)28-8-9-32-35(18-28)56-41(54)50(32)33-10-11-37(51)46-40(33)53/h3,8-9,14-15,18-20,22-27,33H,4-7,10-13,16-17,21H2,1-2H3,(H,45,52)(H,46,51,53)/t25-,27-,33?. The molecule has 0 radical (unpaired) electrons. The molecule has 1 atom stereocenters. The molecule has 1 saturated carbocycles. The number of benzene rings is 1. The number of imidazole rings is 1. The second kappa shape index (κ2) is 14.7. The summed E-state index contributed by atoms with van der Waals surface area (Å²) in [5.74, 6) is 0.175. The normalized spacial score (nSPS) is 21.3. The van der Waals surface area contributed by atoms with Crippen molar-refractivity contribution in [2.24, 2.45) is 5.92 Å². The summed E-state index contributed by atoms with van der Waals surface area (Å²) in [7, 11) is 0. The minimum atomic E-state index is -0.745. The quantitative estimate of drug-likeness (QED) is 0.181. The minimum Gasteiger partial charge on any atom is -0.490 e. The van der Waals surface area contributed by atoms with E-state index in [1.807, 2.05) is 36.4 Å². The molecular weight excluding hydrogens is 715 g/mol. The number of likely N-dealkylation sites (tertiary alicyclic amines) is 1. The summed E-state index contributed by atoms with van der Waals surface area (Å²) in [4.78, 5) is 62.4. The van der Waals surface area contributed by atoms with Crippen molar-refractivity contribution in [2.75, 3.05) is 25.0 Å². The molecule has 1 aliphatic carbocycles. The molecule has 15 heteroatoms. The first-order chi connectivity index (χ1) is 27.2. The smallest absolute Gasteiger partial charge is 0.420 e. The highest BCUT2D eigenvalue weighted by Crippen LogP contribution is 2.38. The lowest BCUT2D eigenvalue weighted by Crippen LogP contribution is -2.43. The zero-order valence-corrected chi connectivity index (χ0v) is 31.5. The number of fused-ring (bicyclic) bond motifs is 3. The Morgan fingerprint density at radius 2 is 1.84 bits per heavy atom. The average molecular weight is 760 g/mol. The van der Waals surface area contributed by atoms with E-state index < -0.39 is 17.7 Å². The zero-order valence-electron chi connectivity index (χ0n) is 31.5. The van der Waals surface area contributed by atoms with Gasteiger partial charge in [0.15, 0.2) is 11.2 Å². The Hall–Kier alpha value is -5.83. The summed E-state index contributed by atoms with van der Waals surface area (Å²) < 4.78 is 16.6. The Balaban J connectivity index is 0.808. The van der Waals surface area contributed by atoms with Gasteiger partial charge in [-0.1, -0.05) is 6.07 Å². The third kappa shape index (κ3) is 6.95.